The minimum absolute atomic E-state index is 0.0328. The van der Waals surface area contributed by atoms with Crippen molar-refractivity contribution in [3.05, 3.63) is 66.0 Å². The Bertz CT molecular complexity index is 571. The fourth-order valence-electron chi connectivity index (χ4n) is 2.33. The summed E-state index contributed by atoms with van der Waals surface area (Å²) in [4.78, 5) is 15.9. The fraction of sp³-hybridized carbons (Fsp3) is 0.333. The van der Waals surface area contributed by atoms with Gasteiger partial charge in [-0.25, -0.2) is 4.79 Å². The maximum atomic E-state index is 11.9. The third-order valence-corrected chi connectivity index (χ3v) is 3.79. The normalized spacial score (nSPS) is 13.2. The Hall–Kier alpha value is -2.36. The highest BCUT2D eigenvalue weighted by Gasteiger charge is 2.09. The van der Waals surface area contributed by atoms with E-state index in [1.807, 2.05) is 37.3 Å². The van der Waals surface area contributed by atoms with E-state index in [0.717, 1.165) is 12.0 Å². The molecule has 0 unspecified atom stereocenters. The highest BCUT2D eigenvalue weighted by molar-refractivity contribution is 5.74. The van der Waals surface area contributed by atoms with Gasteiger partial charge in [0.25, 0.3) is 0 Å². The van der Waals surface area contributed by atoms with E-state index in [1.54, 1.807) is 12.4 Å². The Morgan fingerprint density at radius 3 is 2.41 bits per heavy atom. The summed E-state index contributed by atoms with van der Waals surface area (Å²) in [5.74, 6) is 0.430. The van der Waals surface area contributed by atoms with Crippen LogP contribution in [0.2, 0.25) is 0 Å². The molecule has 0 bridgehead atoms. The summed E-state index contributed by atoms with van der Waals surface area (Å²) >= 11 is 0. The third kappa shape index (κ3) is 4.88. The molecule has 1 heterocycles. The van der Waals surface area contributed by atoms with E-state index in [2.05, 4.69) is 34.7 Å². The number of hydrogen-bond acceptors (Lipinski definition) is 2. The first-order valence-corrected chi connectivity index (χ1v) is 7.66. The number of amides is 2. The van der Waals surface area contributed by atoms with E-state index in [-0.39, 0.29) is 12.1 Å². The number of nitrogens with zero attached hydrogens (tertiary/aromatic N) is 1. The highest BCUT2D eigenvalue weighted by atomic mass is 16.2. The zero-order chi connectivity index (χ0) is 15.8. The van der Waals surface area contributed by atoms with Gasteiger partial charge in [-0.05, 0) is 42.5 Å². The third-order valence-electron chi connectivity index (χ3n) is 3.79. The molecule has 2 rings (SSSR count). The Balaban J connectivity index is 1.72. The zero-order valence-electron chi connectivity index (χ0n) is 13.1. The van der Waals surface area contributed by atoms with Gasteiger partial charge in [-0.1, -0.05) is 37.3 Å². The van der Waals surface area contributed by atoms with Crippen molar-refractivity contribution in [3.8, 4) is 0 Å². The summed E-state index contributed by atoms with van der Waals surface area (Å²) in [6.07, 6.45) is 4.38. The standard InChI is InChI=1S/C18H23N3O/c1-14(16-6-4-3-5-7-16)8-13-20-18(22)21-15(2)17-9-11-19-12-10-17/h3-7,9-12,14-15H,8,13H2,1-2H3,(H2,20,21,22)/t14-,15-/m1/s1. The molecule has 2 aromatic rings. The monoisotopic (exact) mass is 297 g/mol. The molecule has 22 heavy (non-hydrogen) atoms. The first kappa shape index (κ1) is 16.0. The molecule has 4 heteroatoms. The predicted octanol–water partition coefficient (Wildman–Crippen LogP) is 3.64. The van der Waals surface area contributed by atoms with Crippen LogP contribution in [0.25, 0.3) is 0 Å². The number of benzene rings is 1. The largest absolute Gasteiger partial charge is 0.338 e. The van der Waals surface area contributed by atoms with Gasteiger partial charge < -0.3 is 10.6 Å². The number of rotatable bonds is 6. The van der Waals surface area contributed by atoms with Gasteiger partial charge in [0.05, 0.1) is 6.04 Å². The SMILES string of the molecule is C[C@H](CCNC(=O)N[C@H](C)c1ccncc1)c1ccccc1. The topological polar surface area (TPSA) is 54.0 Å². The lowest BCUT2D eigenvalue weighted by Crippen LogP contribution is -2.37. The van der Waals surface area contributed by atoms with Gasteiger partial charge in [-0.2, -0.15) is 0 Å². The van der Waals surface area contributed by atoms with Crippen molar-refractivity contribution in [2.75, 3.05) is 6.54 Å². The molecule has 2 N–H and O–H groups in total. The number of pyridine rings is 1. The van der Waals surface area contributed by atoms with Crippen molar-refractivity contribution in [1.29, 1.82) is 0 Å². The smallest absolute Gasteiger partial charge is 0.315 e. The van der Waals surface area contributed by atoms with Gasteiger partial charge in [0.2, 0.25) is 0 Å². The minimum atomic E-state index is -0.135. The second-order valence-corrected chi connectivity index (χ2v) is 5.50. The number of nitrogens with one attached hydrogen (secondary N) is 2. The molecular formula is C18H23N3O. The molecule has 2 amide bonds. The quantitative estimate of drug-likeness (QED) is 0.855. The van der Waals surface area contributed by atoms with Crippen LogP contribution in [0.15, 0.2) is 54.9 Å². The maximum Gasteiger partial charge on any atom is 0.315 e. The second kappa shape index (κ2) is 8.17. The molecule has 0 aliphatic heterocycles. The van der Waals surface area contributed by atoms with Gasteiger partial charge in [0.15, 0.2) is 0 Å². The molecule has 116 valence electrons. The van der Waals surface area contributed by atoms with Crippen LogP contribution >= 0.6 is 0 Å². The van der Waals surface area contributed by atoms with Crippen LogP contribution in [0.3, 0.4) is 0 Å². The second-order valence-electron chi connectivity index (χ2n) is 5.50. The van der Waals surface area contributed by atoms with Gasteiger partial charge in [0.1, 0.15) is 0 Å². The first-order valence-electron chi connectivity index (χ1n) is 7.66. The number of carbonyl (C=O) groups excluding carboxylic acids is 1. The molecular weight excluding hydrogens is 274 g/mol. The molecule has 2 atom stereocenters. The maximum absolute atomic E-state index is 11.9. The summed E-state index contributed by atoms with van der Waals surface area (Å²) in [7, 11) is 0. The summed E-state index contributed by atoms with van der Waals surface area (Å²) in [6.45, 7) is 4.79. The Morgan fingerprint density at radius 1 is 1.05 bits per heavy atom. The van der Waals surface area contributed by atoms with E-state index >= 15 is 0 Å². The molecule has 0 saturated carbocycles. The average molecular weight is 297 g/mol. The van der Waals surface area contributed by atoms with Crippen LogP contribution in [0.5, 0.6) is 0 Å². The summed E-state index contributed by atoms with van der Waals surface area (Å²) in [5.41, 5.74) is 2.35. The van der Waals surface area contributed by atoms with Gasteiger partial charge in [0, 0.05) is 18.9 Å². The Kier molecular flexibility index (Phi) is 5.95. The molecule has 1 aromatic carbocycles. The average Bonchev–Trinajstić information content (AvgIpc) is 2.56. The molecule has 0 spiro atoms. The summed E-state index contributed by atoms with van der Waals surface area (Å²) in [6, 6.07) is 14.0. The molecule has 0 radical (unpaired) electrons. The van der Waals surface area contributed by atoms with Crippen molar-refractivity contribution < 1.29 is 4.79 Å². The van der Waals surface area contributed by atoms with Crippen molar-refractivity contribution in [2.24, 2.45) is 0 Å². The Labute approximate surface area is 132 Å². The molecule has 1 aromatic heterocycles. The van der Waals surface area contributed by atoms with Gasteiger partial charge >= 0.3 is 6.03 Å². The number of urea groups is 1. The Morgan fingerprint density at radius 2 is 1.73 bits per heavy atom. The van der Waals surface area contributed by atoms with E-state index in [0.29, 0.717) is 12.5 Å². The number of hydrogen-bond donors (Lipinski definition) is 2. The van der Waals surface area contributed by atoms with Crippen molar-refractivity contribution >= 4 is 6.03 Å². The van der Waals surface area contributed by atoms with E-state index < -0.39 is 0 Å². The van der Waals surface area contributed by atoms with Crippen LogP contribution in [0.4, 0.5) is 4.79 Å². The predicted molar refractivity (Wildman–Crippen MR) is 88.7 cm³/mol. The zero-order valence-corrected chi connectivity index (χ0v) is 13.1. The van der Waals surface area contributed by atoms with E-state index in [9.17, 15) is 4.79 Å². The van der Waals surface area contributed by atoms with Crippen LogP contribution in [-0.2, 0) is 0 Å². The molecule has 0 aliphatic rings. The van der Waals surface area contributed by atoms with Crippen LogP contribution < -0.4 is 10.6 Å². The van der Waals surface area contributed by atoms with Crippen LogP contribution in [0, 0.1) is 0 Å². The minimum Gasteiger partial charge on any atom is -0.338 e. The first-order chi connectivity index (χ1) is 10.7. The molecule has 0 saturated heterocycles. The lowest BCUT2D eigenvalue weighted by molar-refractivity contribution is 0.237. The lowest BCUT2D eigenvalue weighted by atomic mass is 9.98. The van der Waals surface area contributed by atoms with Crippen LogP contribution in [-0.4, -0.2) is 17.6 Å². The fourth-order valence-corrected chi connectivity index (χ4v) is 2.33. The number of aromatic nitrogens is 1. The van der Waals surface area contributed by atoms with Gasteiger partial charge in [-0.3, -0.25) is 4.98 Å². The van der Waals surface area contributed by atoms with E-state index in [1.165, 1.54) is 5.56 Å². The number of carbonyl (C=O) groups is 1. The summed E-state index contributed by atoms with van der Waals surface area (Å²) in [5, 5.41) is 5.85. The molecule has 4 nitrogen and oxygen atoms in total. The van der Waals surface area contributed by atoms with Crippen molar-refractivity contribution in [1.82, 2.24) is 15.6 Å². The van der Waals surface area contributed by atoms with Crippen molar-refractivity contribution in [2.45, 2.75) is 32.2 Å². The summed E-state index contributed by atoms with van der Waals surface area (Å²) < 4.78 is 0. The van der Waals surface area contributed by atoms with Crippen LogP contribution in [0.1, 0.15) is 43.4 Å². The van der Waals surface area contributed by atoms with Crippen molar-refractivity contribution in [3.63, 3.8) is 0 Å². The lowest BCUT2D eigenvalue weighted by Gasteiger charge is -2.16. The highest BCUT2D eigenvalue weighted by Crippen LogP contribution is 2.17. The molecule has 0 fully saturated rings. The van der Waals surface area contributed by atoms with E-state index in [4.69, 9.17) is 0 Å². The van der Waals surface area contributed by atoms with Gasteiger partial charge in [-0.15, -0.1) is 0 Å². The molecule has 0 aliphatic carbocycles.